The zero-order chi connectivity index (χ0) is 20.6. The van der Waals surface area contributed by atoms with Crippen molar-refractivity contribution >= 4 is 11.8 Å². The van der Waals surface area contributed by atoms with Crippen LogP contribution in [0.15, 0.2) is 35.4 Å². The lowest BCUT2D eigenvalue weighted by Crippen LogP contribution is -2.52. The van der Waals surface area contributed by atoms with Crippen LogP contribution in [0.1, 0.15) is 18.9 Å². The Morgan fingerprint density at radius 2 is 2.00 bits per heavy atom. The van der Waals surface area contributed by atoms with Crippen molar-refractivity contribution in [2.24, 2.45) is 0 Å². The summed E-state index contributed by atoms with van der Waals surface area (Å²) in [6.07, 6.45) is -1.56. The fraction of sp³-hybridized carbons (Fsp3) is 0.526. The van der Waals surface area contributed by atoms with Gasteiger partial charge < -0.3 is 14.5 Å². The third kappa shape index (κ3) is 3.93. The van der Waals surface area contributed by atoms with Gasteiger partial charge >= 0.3 is 6.18 Å². The average molecular weight is 409 g/mol. The van der Waals surface area contributed by atoms with Crippen LogP contribution < -0.4 is 15.4 Å². The van der Waals surface area contributed by atoms with Gasteiger partial charge in [0.1, 0.15) is 11.9 Å². The van der Waals surface area contributed by atoms with E-state index >= 15 is 0 Å². The van der Waals surface area contributed by atoms with Gasteiger partial charge in [-0.25, -0.2) is 0 Å². The maximum Gasteiger partial charge on any atom is 0.408 e. The van der Waals surface area contributed by atoms with Crippen LogP contribution >= 0.6 is 0 Å². The standard InChI is InChI=1S/C19H22F3N5O2/c1-13-12-29-9-8-25(13)16-10-17(28)26-7-4-15(19(20,21)22)27(18(26)24-16)11-14-2-5-23-6-3-14/h2-3,5-6,10,13,15H,4,7-9,11-12H2,1H3/t13-,15+/m1/s1. The SMILES string of the molecule is C[C@@H]1COCCN1c1cc(=O)n2c(n1)N(Cc1ccncc1)[C@H](C(F)(F)F)CC2. The highest BCUT2D eigenvalue weighted by Gasteiger charge is 2.47. The topological polar surface area (TPSA) is 63.5 Å². The van der Waals surface area contributed by atoms with Crippen LogP contribution in [0.3, 0.4) is 0 Å². The molecule has 0 N–H and O–H groups in total. The number of halogens is 3. The van der Waals surface area contributed by atoms with Crippen molar-refractivity contribution in [1.29, 1.82) is 0 Å². The second kappa shape index (κ2) is 7.66. The van der Waals surface area contributed by atoms with Gasteiger partial charge in [0.2, 0.25) is 5.95 Å². The van der Waals surface area contributed by atoms with E-state index in [0.717, 1.165) is 0 Å². The number of alkyl halides is 3. The molecule has 4 heterocycles. The van der Waals surface area contributed by atoms with Crippen molar-refractivity contribution in [3.63, 3.8) is 0 Å². The van der Waals surface area contributed by atoms with Gasteiger partial charge in [0.05, 0.1) is 19.3 Å². The van der Waals surface area contributed by atoms with Gasteiger partial charge in [-0.15, -0.1) is 0 Å². The normalized spacial score (nSPS) is 22.5. The molecule has 156 valence electrons. The van der Waals surface area contributed by atoms with Crippen molar-refractivity contribution in [1.82, 2.24) is 14.5 Å². The third-order valence-electron chi connectivity index (χ3n) is 5.38. The lowest BCUT2D eigenvalue weighted by atomic mass is 10.1. The predicted octanol–water partition coefficient (Wildman–Crippen LogP) is 2.20. The number of ether oxygens (including phenoxy) is 1. The van der Waals surface area contributed by atoms with E-state index < -0.39 is 12.2 Å². The molecule has 0 bridgehead atoms. The van der Waals surface area contributed by atoms with Gasteiger partial charge in [0, 0.05) is 38.1 Å². The molecule has 7 nitrogen and oxygen atoms in total. The summed E-state index contributed by atoms with van der Waals surface area (Å²) >= 11 is 0. The predicted molar refractivity (Wildman–Crippen MR) is 101 cm³/mol. The summed E-state index contributed by atoms with van der Waals surface area (Å²) in [7, 11) is 0. The van der Waals surface area contributed by atoms with E-state index in [-0.39, 0.29) is 37.1 Å². The lowest BCUT2D eigenvalue weighted by Gasteiger charge is -2.40. The fourth-order valence-electron chi connectivity index (χ4n) is 3.88. The molecule has 2 aromatic heterocycles. The molecule has 0 saturated carbocycles. The monoisotopic (exact) mass is 409 g/mol. The first-order valence-corrected chi connectivity index (χ1v) is 9.53. The summed E-state index contributed by atoms with van der Waals surface area (Å²) in [6.45, 7) is 3.40. The Balaban J connectivity index is 1.78. The molecule has 1 fully saturated rings. The molecule has 2 aromatic rings. The molecule has 10 heteroatoms. The van der Waals surface area contributed by atoms with Gasteiger partial charge in [0.25, 0.3) is 5.56 Å². The zero-order valence-electron chi connectivity index (χ0n) is 16.0. The van der Waals surface area contributed by atoms with Crippen molar-refractivity contribution in [2.75, 3.05) is 29.6 Å². The third-order valence-corrected chi connectivity index (χ3v) is 5.38. The highest BCUT2D eigenvalue weighted by Crippen LogP contribution is 2.35. The number of rotatable bonds is 3. The highest BCUT2D eigenvalue weighted by atomic mass is 19.4. The smallest absolute Gasteiger partial charge is 0.377 e. The van der Waals surface area contributed by atoms with Crippen molar-refractivity contribution in [3.8, 4) is 0 Å². The summed E-state index contributed by atoms with van der Waals surface area (Å²) in [6, 6.07) is 3.01. The Labute approximate surface area is 165 Å². The van der Waals surface area contributed by atoms with Crippen molar-refractivity contribution in [3.05, 3.63) is 46.5 Å². The van der Waals surface area contributed by atoms with Crippen LogP contribution in [0.25, 0.3) is 0 Å². The summed E-state index contributed by atoms with van der Waals surface area (Å²) < 4.78 is 48.2. The quantitative estimate of drug-likeness (QED) is 0.775. The summed E-state index contributed by atoms with van der Waals surface area (Å²) in [5.41, 5.74) is 0.325. The minimum Gasteiger partial charge on any atom is -0.377 e. The number of pyridine rings is 1. The van der Waals surface area contributed by atoms with Gasteiger partial charge in [-0.1, -0.05) is 0 Å². The summed E-state index contributed by atoms with van der Waals surface area (Å²) in [4.78, 5) is 24.3. The summed E-state index contributed by atoms with van der Waals surface area (Å²) in [5, 5.41) is 0. The molecule has 0 radical (unpaired) electrons. The molecule has 2 aliphatic heterocycles. The number of fused-ring (bicyclic) bond motifs is 1. The van der Waals surface area contributed by atoms with Crippen LogP contribution in [0.5, 0.6) is 0 Å². The number of morpholine rings is 1. The number of hydrogen-bond donors (Lipinski definition) is 0. The zero-order valence-corrected chi connectivity index (χ0v) is 16.0. The molecule has 4 rings (SSSR count). The minimum atomic E-state index is -4.43. The van der Waals surface area contributed by atoms with Crippen LogP contribution in [0.4, 0.5) is 24.9 Å². The number of aromatic nitrogens is 3. The van der Waals surface area contributed by atoms with E-state index in [1.165, 1.54) is 27.9 Å². The van der Waals surface area contributed by atoms with Gasteiger partial charge in [0.15, 0.2) is 0 Å². The van der Waals surface area contributed by atoms with Crippen molar-refractivity contribution < 1.29 is 17.9 Å². The first-order valence-electron chi connectivity index (χ1n) is 9.53. The first-order chi connectivity index (χ1) is 13.8. The van der Waals surface area contributed by atoms with Crippen molar-refractivity contribution in [2.45, 2.75) is 44.7 Å². The van der Waals surface area contributed by atoms with Gasteiger partial charge in [-0.05, 0) is 31.0 Å². The number of anilines is 2. The number of nitrogens with zero attached hydrogens (tertiary/aromatic N) is 5. The molecule has 0 amide bonds. The largest absolute Gasteiger partial charge is 0.408 e. The summed E-state index contributed by atoms with van der Waals surface area (Å²) in [5.74, 6) is 0.441. The molecule has 0 aliphatic carbocycles. The fourth-order valence-corrected chi connectivity index (χ4v) is 3.88. The minimum absolute atomic E-state index is 0.0126. The van der Waals surface area contributed by atoms with E-state index in [1.54, 1.807) is 12.1 Å². The van der Waals surface area contributed by atoms with E-state index in [4.69, 9.17) is 4.74 Å². The van der Waals surface area contributed by atoms with Gasteiger partial charge in [-0.3, -0.25) is 14.3 Å². The molecule has 0 spiro atoms. The molecule has 29 heavy (non-hydrogen) atoms. The Bertz CT molecular complexity index is 918. The Morgan fingerprint density at radius 3 is 2.69 bits per heavy atom. The maximum absolute atomic E-state index is 13.8. The first kappa shape index (κ1) is 19.7. The lowest BCUT2D eigenvalue weighted by molar-refractivity contribution is -0.153. The molecule has 2 aliphatic rings. The molecular weight excluding hydrogens is 387 g/mol. The Morgan fingerprint density at radius 1 is 1.24 bits per heavy atom. The molecule has 0 unspecified atom stereocenters. The molecule has 0 aromatic carbocycles. The second-order valence-corrected chi connectivity index (χ2v) is 7.35. The Kier molecular flexibility index (Phi) is 5.20. The highest BCUT2D eigenvalue weighted by molar-refractivity contribution is 5.48. The van der Waals surface area contributed by atoms with Crippen LogP contribution in [-0.2, 0) is 17.8 Å². The van der Waals surface area contributed by atoms with E-state index in [0.29, 0.717) is 31.1 Å². The van der Waals surface area contributed by atoms with Gasteiger partial charge in [-0.2, -0.15) is 18.2 Å². The second-order valence-electron chi connectivity index (χ2n) is 7.35. The Hall–Kier alpha value is -2.62. The van der Waals surface area contributed by atoms with Crippen LogP contribution in [-0.4, -0.2) is 52.6 Å². The van der Waals surface area contributed by atoms with E-state index in [1.807, 2.05) is 11.8 Å². The molecule has 2 atom stereocenters. The van der Waals surface area contributed by atoms with Crippen LogP contribution in [0, 0.1) is 0 Å². The average Bonchev–Trinajstić information content (AvgIpc) is 2.68. The number of hydrogen-bond acceptors (Lipinski definition) is 6. The molecule has 1 saturated heterocycles. The van der Waals surface area contributed by atoms with E-state index in [2.05, 4.69) is 9.97 Å². The van der Waals surface area contributed by atoms with E-state index in [9.17, 15) is 18.0 Å². The molecular formula is C19H22F3N5O2. The van der Waals surface area contributed by atoms with Crippen LogP contribution in [0.2, 0.25) is 0 Å². The maximum atomic E-state index is 13.8.